The van der Waals surface area contributed by atoms with Crippen LogP contribution in [-0.4, -0.2) is 119 Å². The molecule has 23 heteroatoms. The zero-order valence-electron chi connectivity index (χ0n) is 45.5. The third-order valence-corrected chi connectivity index (χ3v) is 25.1. The first-order valence-electron chi connectivity index (χ1n) is 25.2. The Hall–Kier alpha value is -4.66. The Morgan fingerprint density at radius 2 is 1.53 bits per heavy atom. The minimum absolute atomic E-state index is 0.00787. The number of hydrogen-bond donors (Lipinski definition) is 4. The van der Waals surface area contributed by atoms with E-state index in [4.69, 9.17) is 28.2 Å². The molecule has 0 radical (unpaired) electrons. The summed E-state index contributed by atoms with van der Waals surface area (Å²) in [7, 11) is -9.68. The highest BCUT2D eigenvalue weighted by Gasteiger charge is 2.67. The molecule has 2 saturated heterocycles. The van der Waals surface area contributed by atoms with Crippen LogP contribution in [0.15, 0.2) is 57.2 Å². The minimum atomic E-state index is -4.34. The van der Waals surface area contributed by atoms with E-state index >= 15 is 0 Å². The number of aromatic nitrogens is 2. The highest BCUT2D eigenvalue weighted by molar-refractivity contribution is 7.90. The maximum Gasteiger partial charge on any atom is 0.408 e. The molecule has 1 aromatic carbocycles. The molecule has 0 aliphatic carbocycles. The van der Waals surface area contributed by atoms with Crippen LogP contribution in [0.3, 0.4) is 0 Å². The Morgan fingerprint density at radius 3 is 2.10 bits per heavy atom. The molecule has 408 valence electrons. The van der Waals surface area contributed by atoms with E-state index in [1.54, 1.807) is 34.6 Å². The van der Waals surface area contributed by atoms with Gasteiger partial charge in [-0.25, -0.2) is 13.8 Å². The number of aryl methyl sites for hydroxylation is 1. The predicted octanol–water partition coefficient (Wildman–Crippen LogP) is 5.12. The average Bonchev–Trinajstić information content (AvgIpc) is 3.96. The SMILES string of the molecule is Cc1cn([C@@H]2O[C@H](CO[Si](C)(C)C(C)(C)C)[C@@]3(OS(=O)(=O)C=C3N)[C@H]2O[Si](C)(C)C(C)(C)C)c(=O)n(CCCNC(=O)[C@@H](NC(=O)[C@@H]2CCCN2C(=O)[C@@H](NC(=O)OCc2ccccc2)C(C)C)C(C)C)c1=O. The summed E-state index contributed by atoms with van der Waals surface area (Å²) in [5.74, 6) is -2.16. The number of nitrogens with two attached hydrogens (primary N) is 1. The highest BCUT2D eigenvalue weighted by atomic mass is 32.2. The average molecular weight is 1080 g/mol. The van der Waals surface area contributed by atoms with Gasteiger partial charge < -0.3 is 44.9 Å². The number of carbonyl (C=O) groups is 4. The van der Waals surface area contributed by atoms with Crippen LogP contribution >= 0.6 is 0 Å². The van der Waals surface area contributed by atoms with E-state index in [9.17, 15) is 37.2 Å². The fourth-order valence-corrected chi connectivity index (χ4v) is 12.1. The number of rotatable bonds is 19. The van der Waals surface area contributed by atoms with Gasteiger partial charge in [0.2, 0.25) is 17.7 Å². The monoisotopic (exact) mass is 1080 g/mol. The molecule has 4 heterocycles. The molecular formula is C50H81N7O13SSi2. The van der Waals surface area contributed by atoms with E-state index in [2.05, 4.69) is 36.7 Å². The second-order valence-corrected chi connectivity index (χ2v) is 34.2. The molecule has 7 atom stereocenters. The number of nitrogens with zero attached hydrogens (tertiary/aromatic N) is 3. The van der Waals surface area contributed by atoms with E-state index in [1.807, 2.05) is 77.3 Å². The summed E-state index contributed by atoms with van der Waals surface area (Å²) >= 11 is 0. The van der Waals surface area contributed by atoms with Crippen molar-refractivity contribution in [2.45, 2.75) is 187 Å². The maximum absolute atomic E-state index is 14.6. The summed E-state index contributed by atoms with van der Waals surface area (Å²) in [6.45, 7) is 28.9. The molecule has 3 aliphatic rings. The van der Waals surface area contributed by atoms with Crippen LogP contribution in [-0.2, 0) is 60.2 Å². The van der Waals surface area contributed by atoms with Crippen molar-refractivity contribution in [3.8, 4) is 0 Å². The zero-order chi connectivity index (χ0) is 54.8. The highest BCUT2D eigenvalue weighted by Crippen LogP contribution is 2.52. The number of ether oxygens (including phenoxy) is 2. The van der Waals surface area contributed by atoms with Gasteiger partial charge in [0.25, 0.3) is 15.7 Å². The summed E-state index contributed by atoms with van der Waals surface area (Å²) in [5, 5.41) is 8.57. The van der Waals surface area contributed by atoms with Gasteiger partial charge in [-0.2, -0.15) is 8.42 Å². The molecule has 0 bridgehead atoms. The van der Waals surface area contributed by atoms with Crippen LogP contribution in [0.2, 0.25) is 36.3 Å². The molecule has 4 amide bonds. The predicted molar refractivity (Wildman–Crippen MR) is 281 cm³/mol. The van der Waals surface area contributed by atoms with Crippen molar-refractivity contribution in [2.24, 2.45) is 17.6 Å². The molecule has 1 aromatic heterocycles. The zero-order valence-corrected chi connectivity index (χ0v) is 48.3. The summed E-state index contributed by atoms with van der Waals surface area (Å²) in [6, 6.07) is 6.27. The van der Waals surface area contributed by atoms with Crippen molar-refractivity contribution < 1.29 is 50.1 Å². The Morgan fingerprint density at radius 1 is 0.918 bits per heavy atom. The molecular weight excluding hydrogens is 995 g/mol. The summed E-state index contributed by atoms with van der Waals surface area (Å²) < 4.78 is 60.6. The molecule has 3 aliphatic heterocycles. The Balaban J connectivity index is 1.32. The Bertz CT molecular complexity index is 2610. The normalized spacial score (nSPS) is 23.1. The van der Waals surface area contributed by atoms with Gasteiger partial charge in [-0.15, -0.1) is 0 Å². The van der Waals surface area contributed by atoms with Gasteiger partial charge in [0.15, 0.2) is 28.5 Å². The molecule has 0 saturated carbocycles. The second-order valence-electron chi connectivity index (χ2n) is 23.3. The number of amides is 4. The van der Waals surface area contributed by atoms with Crippen molar-refractivity contribution in [3.05, 3.63) is 79.6 Å². The summed E-state index contributed by atoms with van der Waals surface area (Å²) in [4.78, 5) is 84.2. The van der Waals surface area contributed by atoms with Crippen LogP contribution in [0.1, 0.15) is 106 Å². The molecule has 20 nitrogen and oxygen atoms in total. The van der Waals surface area contributed by atoms with Gasteiger partial charge in [-0.05, 0) is 79.9 Å². The number of likely N-dealkylation sites (tertiary alicyclic amines) is 1. The molecule has 2 aromatic rings. The quantitative estimate of drug-likeness (QED) is 0.0810. The van der Waals surface area contributed by atoms with E-state index in [0.717, 1.165) is 15.5 Å². The van der Waals surface area contributed by atoms with Crippen LogP contribution in [0.5, 0.6) is 0 Å². The van der Waals surface area contributed by atoms with E-state index in [1.165, 1.54) is 15.7 Å². The molecule has 5 N–H and O–H groups in total. The van der Waals surface area contributed by atoms with E-state index in [0.29, 0.717) is 12.8 Å². The third-order valence-electron chi connectivity index (χ3n) is 15.1. The van der Waals surface area contributed by atoms with Gasteiger partial charge in [0.1, 0.15) is 36.9 Å². The van der Waals surface area contributed by atoms with Crippen LogP contribution in [0.25, 0.3) is 0 Å². The molecule has 0 unspecified atom stereocenters. The van der Waals surface area contributed by atoms with E-state index < -0.39 is 109 Å². The lowest BCUT2D eigenvalue weighted by Gasteiger charge is -2.43. The van der Waals surface area contributed by atoms with Crippen molar-refractivity contribution in [1.29, 1.82) is 0 Å². The first-order chi connectivity index (χ1) is 33.7. The third kappa shape index (κ3) is 13.2. The van der Waals surface area contributed by atoms with E-state index in [-0.39, 0.29) is 67.4 Å². The van der Waals surface area contributed by atoms with Gasteiger partial charge in [0, 0.05) is 31.4 Å². The lowest BCUT2D eigenvalue weighted by Crippen LogP contribution is -2.59. The first-order valence-corrected chi connectivity index (χ1v) is 32.5. The fourth-order valence-electron chi connectivity index (χ4n) is 8.58. The van der Waals surface area contributed by atoms with Crippen molar-refractivity contribution in [3.63, 3.8) is 0 Å². The number of alkyl carbamates (subject to hydrolysis) is 1. The number of hydrogen-bond acceptors (Lipinski definition) is 14. The van der Waals surface area contributed by atoms with Crippen LogP contribution in [0, 0.1) is 18.8 Å². The molecule has 5 rings (SSSR count). The second kappa shape index (κ2) is 22.7. The minimum Gasteiger partial charge on any atom is -0.445 e. The number of benzene rings is 1. The van der Waals surface area contributed by atoms with Crippen molar-refractivity contribution in [2.75, 3.05) is 19.7 Å². The van der Waals surface area contributed by atoms with Crippen LogP contribution < -0.4 is 32.9 Å². The van der Waals surface area contributed by atoms with Gasteiger partial charge in [0.05, 0.1) is 17.7 Å². The van der Waals surface area contributed by atoms with Gasteiger partial charge in [-0.3, -0.25) is 28.3 Å². The van der Waals surface area contributed by atoms with Crippen LogP contribution in [0.4, 0.5) is 4.79 Å². The fraction of sp³-hybridized carbons (Fsp3) is 0.680. The summed E-state index contributed by atoms with van der Waals surface area (Å²) in [5.41, 5.74) is 4.18. The van der Waals surface area contributed by atoms with Gasteiger partial charge >= 0.3 is 11.8 Å². The van der Waals surface area contributed by atoms with Crippen molar-refractivity contribution >= 4 is 50.6 Å². The Kier molecular flexibility index (Phi) is 18.4. The van der Waals surface area contributed by atoms with Gasteiger partial charge in [-0.1, -0.05) is 99.6 Å². The molecule has 73 heavy (non-hydrogen) atoms. The largest absolute Gasteiger partial charge is 0.445 e. The Labute approximate surface area is 432 Å². The number of carbonyl (C=O) groups excluding carboxylic acids is 4. The van der Waals surface area contributed by atoms with Crippen molar-refractivity contribution in [1.82, 2.24) is 30.0 Å². The molecule has 1 spiro atoms. The topological polar surface area (TPSA) is 258 Å². The summed E-state index contributed by atoms with van der Waals surface area (Å²) in [6.07, 6.45) is -2.19. The molecule has 2 fully saturated rings. The number of nitrogens with one attached hydrogen (secondary N) is 3. The first kappa shape index (κ1) is 59.2. The standard InChI is InChI=1S/C50H81N7O13SSi2/c1-31(2)38(53-41(58)35-23-19-25-55(35)44(61)39(32(3)4)54-46(62)66-28-34-21-17-16-18-22-34)42(59)52-24-20-26-56-43(60)33(5)27-57(47(56)63)45-40(69-73(14,15)49(9,10)11)50(36(51)30-71(64,65)70-50)37(68-45)29-67-72(12,13)48(6,7)8/h16-18,21-22,27,30-32,35,37-40,45H,19-20,23-26,28-29,51H2,1-15H3,(H,52,59)(H,53,58)(H,54,62)/t35-,37+,38-,39-,40-,45+,50+/m0/s1. The lowest BCUT2D eigenvalue weighted by atomic mass is 9.89. The maximum atomic E-state index is 14.6. The lowest BCUT2D eigenvalue weighted by molar-refractivity contribution is -0.141. The smallest absolute Gasteiger partial charge is 0.408 e.